The number of anilines is 1. The number of hydrogen-bond acceptors (Lipinski definition) is 5. The van der Waals surface area contributed by atoms with Crippen LogP contribution in [-0.4, -0.2) is 42.3 Å². The third-order valence-corrected chi connectivity index (χ3v) is 6.65. The maximum atomic E-state index is 13.9. The van der Waals surface area contributed by atoms with E-state index in [9.17, 15) is 14.0 Å². The van der Waals surface area contributed by atoms with Gasteiger partial charge in [-0.1, -0.05) is 18.2 Å². The summed E-state index contributed by atoms with van der Waals surface area (Å²) in [5.74, 6) is -1.34. The molecular weight excluding hydrogens is 409 g/mol. The number of rotatable bonds is 4. The number of aromatic nitrogens is 1. The first-order valence-corrected chi connectivity index (χ1v) is 10.4. The van der Waals surface area contributed by atoms with Crippen LogP contribution in [0.3, 0.4) is 0 Å². The van der Waals surface area contributed by atoms with Crippen LogP contribution in [0.5, 0.6) is 5.75 Å². The molecule has 2 aliphatic heterocycles. The summed E-state index contributed by atoms with van der Waals surface area (Å²) in [6.07, 6.45) is 1.57. The Morgan fingerprint density at radius 2 is 1.97 bits per heavy atom. The van der Waals surface area contributed by atoms with Gasteiger partial charge in [0.1, 0.15) is 22.8 Å². The van der Waals surface area contributed by atoms with Gasteiger partial charge in [0.15, 0.2) is 5.78 Å². The zero-order valence-corrected chi connectivity index (χ0v) is 17.7. The van der Waals surface area contributed by atoms with Gasteiger partial charge in [-0.15, -0.1) is 0 Å². The molecule has 6 nitrogen and oxygen atoms in total. The van der Waals surface area contributed by atoms with Gasteiger partial charge in [-0.3, -0.25) is 19.5 Å². The van der Waals surface area contributed by atoms with E-state index in [0.717, 1.165) is 5.56 Å². The molecule has 1 N–H and O–H groups in total. The zero-order chi connectivity index (χ0) is 22.5. The van der Waals surface area contributed by atoms with Gasteiger partial charge in [0.25, 0.3) is 0 Å². The van der Waals surface area contributed by atoms with Gasteiger partial charge in [-0.2, -0.15) is 0 Å². The number of carbonyl (C=O) groups excluding carboxylic acids is 2. The quantitative estimate of drug-likeness (QED) is 0.639. The highest BCUT2D eigenvalue weighted by molar-refractivity contribution is 6.12. The maximum Gasteiger partial charge on any atom is 0.250 e. The van der Waals surface area contributed by atoms with Crippen LogP contribution in [0, 0.1) is 11.7 Å². The number of carbonyl (C=O) groups is 2. The van der Waals surface area contributed by atoms with E-state index in [2.05, 4.69) is 10.3 Å². The number of benzene rings is 2. The van der Waals surface area contributed by atoms with E-state index >= 15 is 0 Å². The lowest BCUT2D eigenvalue weighted by Crippen LogP contribution is -2.51. The van der Waals surface area contributed by atoms with Gasteiger partial charge in [0.05, 0.1) is 13.0 Å². The lowest BCUT2D eigenvalue weighted by molar-refractivity contribution is -0.126. The predicted octanol–water partition coefficient (Wildman–Crippen LogP) is 3.61. The van der Waals surface area contributed by atoms with E-state index in [1.807, 2.05) is 18.0 Å². The van der Waals surface area contributed by atoms with Crippen LogP contribution in [0.15, 0.2) is 66.9 Å². The normalized spacial score (nSPS) is 24.4. The fourth-order valence-corrected chi connectivity index (χ4v) is 5.22. The number of halogens is 1. The minimum Gasteiger partial charge on any atom is -0.497 e. The van der Waals surface area contributed by atoms with E-state index in [0.29, 0.717) is 29.2 Å². The van der Waals surface area contributed by atoms with Crippen LogP contribution in [-0.2, 0) is 10.3 Å². The van der Waals surface area contributed by atoms with Crippen molar-refractivity contribution in [3.8, 4) is 5.75 Å². The summed E-state index contributed by atoms with van der Waals surface area (Å²) < 4.78 is 19.1. The maximum absolute atomic E-state index is 13.9. The van der Waals surface area contributed by atoms with Crippen LogP contribution in [0.2, 0.25) is 0 Å². The molecule has 162 valence electrons. The summed E-state index contributed by atoms with van der Waals surface area (Å²) in [4.78, 5) is 33.8. The fraction of sp³-hybridized carbons (Fsp3) is 0.240. The van der Waals surface area contributed by atoms with Gasteiger partial charge < -0.3 is 10.1 Å². The van der Waals surface area contributed by atoms with Gasteiger partial charge in [-0.25, -0.2) is 4.39 Å². The molecular formula is C25H22FN3O3. The molecule has 2 aromatic carbocycles. The first kappa shape index (κ1) is 20.3. The van der Waals surface area contributed by atoms with Crippen molar-refractivity contribution in [2.75, 3.05) is 26.0 Å². The summed E-state index contributed by atoms with van der Waals surface area (Å²) in [6, 6.07) is 16.7. The first-order chi connectivity index (χ1) is 15.5. The highest BCUT2D eigenvalue weighted by Gasteiger charge is 2.64. The molecule has 2 aliphatic rings. The van der Waals surface area contributed by atoms with Crippen molar-refractivity contribution in [2.24, 2.45) is 5.92 Å². The van der Waals surface area contributed by atoms with E-state index in [1.165, 1.54) is 12.1 Å². The number of ketones is 1. The number of nitrogens with one attached hydrogen (secondary N) is 1. The number of hydrogen-bond donors (Lipinski definition) is 1. The lowest BCUT2D eigenvalue weighted by Gasteiger charge is -2.35. The molecule has 0 aliphatic carbocycles. The molecule has 3 heterocycles. The van der Waals surface area contributed by atoms with Crippen molar-refractivity contribution in [1.29, 1.82) is 0 Å². The smallest absolute Gasteiger partial charge is 0.250 e. The molecule has 32 heavy (non-hydrogen) atoms. The minimum absolute atomic E-state index is 0.227. The molecule has 1 aromatic heterocycles. The number of fused-ring (bicyclic) bond motifs is 2. The Hall–Kier alpha value is -3.58. The number of nitrogens with zero attached hydrogens (tertiary/aromatic N) is 2. The number of likely N-dealkylation sites (tertiary alicyclic amines) is 1. The molecule has 0 radical (unpaired) electrons. The van der Waals surface area contributed by atoms with Gasteiger partial charge in [0.2, 0.25) is 5.91 Å². The Morgan fingerprint density at radius 3 is 2.66 bits per heavy atom. The number of amides is 1. The molecule has 1 amide bonds. The summed E-state index contributed by atoms with van der Waals surface area (Å²) in [7, 11) is 3.41. The Bertz CT molecular complexity index is 1200. The van der Waals surface area contributed by atoms with Crippen LogP contribution in [0.4, 0.5) is 10.1 Å². The van der Waals surface area contributed by atoms with Crippen LogP contribution in [0.25, 0.3) is 0 Å². The van der Waals surface area contributed by atoms with Crippen LogP contribution in [0.1, 0.15) is 27.5 Å². The standard InChI is InChI=1S/C25H22FN3O3/c1-29-14-18(15-6-8-16(26)9-7-15)22(23(30)21-5-3-4-12-27-21)25(29)19-13-17(32-2)10-11-20(19)28-24(25)31/h3-13,18,22H,14H2,1-2H3,(H,28,31)/t18-,22?,25-/m1/s1. The molecule has 3 aromatic rings. The summed E-state index contributed by atoms with van der Waals surface area (Å²) in [5.41, 5.74) is 1.21. The second kappa shape index (κ2) is 7.53. The second-order valence-electron chi connectivity index (χ2n) is 8.23. The molecule has 3 atom stereocenters. The molecule has 0 bridgehead atoms. The topological polar surface area (TPSA) is 71.5 Å². The van der Waals surface area contributed by atoms with Gasteiger partial charge in [-0.05, 0) is 55.1 Å². The molecule has 1 spiro atoms. The largest absolute Gasteiger partial charge is 0.497 e. The van der Waals surface area contributed by atoms with Crippen molar-refractivity contribution in [3.63, 3.8) is 0 Å². The number of ether oxygens (including phenoxy) is 1. The number of pyridine rings is 1. The van der Waals surface area contributed by atoms with Crippen molar-refractivity contribution in [3.05, 3.63) is 89.5 Å². The van der Waals surface area contributed by atoms with Crippen molar-refractivity contribution in [2.45, 2.75) is 11.5 Å². The number of methoxy groups -OCH3 is 1. The summed E-state index contributed by atoms with van der Waals surface area (Å²) in [5, 5.41) is 2.96. The summed E-state index contributed by atoms with van der Waals surface area (Å²) >= 11 is 0. The predicted molar refractivity (Wildman–Crippen MR) is 117 cm³/mol. The van der Waals surface area contributed by atoms with E-state index in [-0.39, 0.29) is 23.4 Å². The van der Waals surface area contributed by atoms with Crippen molar-refractivity contribution < 1.29 is 18.7 Å². The lowest BCUT2D eigenvalue weighted by atomic mass is 9.71. The van der Waals surface area contributed by atoms with Crippen LogP contribution >= 0.6 is 0 Å². The Labute approximate surface area is 185 Å². The molecule has 0 saturated carbocycles. The number of Topliss-reactive ketones (excluding diaryl/α,β-unsaturated/α-hetero) is 1. The fourth-order valence-electron chi connectivity index (χ4n) is 5.22. The van der Waals surface area contributed by atoms with Gasteiger partial charge >= 0.3 is 0 Å². The Balaban J connectivity index is 1.74. The van der Waals surface area contributed by atoms with E-state index in [4.69, 9.17) is 4.74 Å². The third-order valence-electron chi connectivity index (χ3n) is 6.65. The van der Waals surface area contributed by atoms with E-state index in [1.54, 1.807) is 55.8 Å². The average molecular weight is 431 g/mol. The Morgan fingerprint density at radius 1 is 1.19 bits per heavy atom. The number of likely N-dealkylation sites (N-methyl/N-ethyl adjacent to an activating group) is 1. The van der Waals surface area contributed by atoms with Crippen molar-refractivity contribution in [1.82, 2.24) is 9.88 Å². The molecule has 1 fully saturated rings. The zero-order valence-electron chi connectivity index (χ0n) is 17.7. The third kappa shape index (κ3) is 2.85. The van der Waals surface area contributed by atoms with Gasteiger partial charge in [0, 0.05) is 29.9 Å². The minimum atomic E-state index is -1.24. The molecule has 1 saturated heterocycles. The van der Waals surface area contributed by atoms with Crippen molar-refractivity contribution >= 4 is 17.4 Å². The van der Waals surface area contributed by atoms with E-state index < -0.39 is 11.5 Å². The monoisotopic (exact) mass is 431 g/mol. The highest BCUT2D eigenvalue weighted by Crippen LogP contribution is 2.56. The second-order valence-corrected chi connectivity index (χ2v) is 8.23. The molecule has 1 unspecified atom stereocenters. The first-order valence-electron chi connectivity index (χ1n) is 10.4. The highest BCUT2D eigenvalue weighted by atomic mass is 19.1. The SMILES string of the molecule is COc1ccc2c(c1)[C@]1(C(=O)N2)C(C(=O)c2ccccn2)[C@@H](c2ccc(F)cc2)CN1C. The average Bonchev–Trinajstić information content (AvgIpc) is 3.29. The Kier molecular flexibility index (Phi) is 4.78. The van der Waals surface area contributed by atoms with Crippen LogP contribution < -0.4 is 10.1 Å². The molecule has 7 heteroatoms. The summed E-state index contributed by atoms with van der Waals surface area (Å²) in [6.45, 7) is 0.443. The molecule has 5 rings (SSSR count).